The zero-order valence-electron chi connectivity index (χ0n) is 21.5. The molecule has 36 heavy (non-hydrogen) atoms. The molecule has 2 aromatic carbocycles. The third-order valence-corrected chi connectivity index (χ3v) is 7.91. The zero-order valence-corrected chi connectivity index (χ0v) is 21.5. The van der Waals surface area contributed by atoms with E-state index in [1.165, 1.54) is 37.0 Å². The molecule has 0 unspecified atom stereocenters. The average molecular weight is 494 g/mol. The fraction of sp³-hybridized carbons (Fsp3) is 0.483. The number of aromatic carboxylic acids is 1. The Morgan fingerprint density at radius 1 is 1.08 bits per heavy atom. The highest BCUT2D eigenvalue weighted by Crippen LogP contribution is 2.47. The second-order valence-corrected chi connectivity index (χ2v) is 10.6. The molecule has 1 aliphatic carbocycles. The van der Waals surface area contributed by atoms with Gasteiger partial charge in [-0.25, -0.2) is 9.18 Å². The molecule has 1 fully saturated rings. The fourth-order valence-electron chi connectivity index (χ4n) is 5.86. The molecular formula is C29H36FN3O3. The van der Waals surface area contributed by atoms with Crippen LogP contribution in [0.5, 0.6) is 5.75 Å². The number of rotatable bonds is 6. The van der Waals surface area contributed by atoms with Crippen molar-refractivity contribution in [1.82, 2.24) is 14.4 Å². The van der Waals surface area contributed by atoms with Crippen LogP contribution in [0, 0.1) is 5.82 Å². The molecule has 1 saturated carbocycles. The molecular weight excluding hydrogens is 457 g/mol. The lowest BCUT2D eigenvalue weighted by Gasteiger charge is -2.33. The minimum absolute atomic E-state index is 0.0448. The molecule has 1 atom stereocenters. The van der Waals surface area contributed by atoms with E-state index in [0.29, 0.717) is 24.8 Å². The molecule has 0 saturated heterocycles. The number of hydrogen-bond acceptors (Lipinski definition) is 4. The number of likely N-dealkylation sites (N-methyl/N-ethyl adjacent to an activating group) is 2. The number of carboxylic acids is 1. The lowest BCUT2D eigenvalue weighted by molar-refractivity contribution is 0.0697. The number of carbonyl (C=O) groups is 1. The Bertz CT molecular complexity index is 1260. The van der Waals surface area contributed by atoms with Crippen molar-refractivity contribution in [2.75, 3.05) is 40.8 Å². The highest BCUT2D eigenvalue weighted by atomic mass is 19.1. The topological polar surface area (TPSA) is 57.9 Å². The van der Waals surface area contributed by atoms with Gasteiger partial charge in [0.25, 0.3) is 0 Å². The Morgan fingerprint density at radius 2 is 1.86 bits per heavy atom. The maximum Gasteiger partial charge on any atom is 0.335 e. The molecule has 1 aromatic heterocycles. The van der Waals surface area contributed by atoms with Gasteiger partial charge in [0.1, 0.15) is 18.2 Å². The Balaban J connectivity index is 1.74. The van der Waals surface area contributed by atoms with Crippen molar-refractivity contribution in [2.24, 2.45) is 0 Å². The highest BCUT2D eigenvalue weighted by molar-refractivity contribution is 5.98. The van der Waals surface area contributed by atoms with Gasteiger partial charge in [0.2, 0.25) is 0 Å². The molecule has 0 spiro atoms. The number of hydrogen-bond donors (Lipinski definition) is 1. The number of ether oxygens (including phenoxy) is 1. The number of halogens is 1. The van der Waals surface area contributed by atoms with Crippen molar-refractivity contribution in [3.63, 3.8) is 0 Å². The third kappa shape index (κ3) is 4.74. The number of aromatic nitrogens is 1. The summed E-state index contributed by atoms with van der Waals surface area (Å²) < 4.78 is 23.0. The lowest BCUT2D eigenvalue weighted by atomic mass is 9.81. The van der Waals surface area contributed by atoms with Crippen molar-refractivity contribution in [1.29, 1.82) is 0 Å². The van der Waals surface area contributed by atoms with E-state index in [4.69, 9.17) is 4.74 Å². The van der Waals surface area contributed by atoms with Crippen molar-refractivity contribution < 1.29 is 19.0 Å². The maximum absolute atomic E-state index is 14.4. The Kier molecular flexibility index (Phi) is 7.04. The molecule has 2 aliphatic rings. The van der Waals surface area contributed by atoms with E-state index < -0.39 is 5.97 Å². The van der Waals surface area contributed by atoms with Crippen molar-refractivity contribution >= 4 is 16.9 Å². The van der Waals surface area contributed by atoms with Gasteiger partial charge in [-0.15, -0.1) is 0 Å². The molecule has 3 aromatic rings. The minimum Gasteiger partial charge on any atom is -0.491 e. The van der Waals surface area contributed by atoms with Crippen LogP contribution in [-0.4, -0.2) is 72.3 Å². The van der Waals surface area contributed by atoms with Crippen molar-refractivity contribution in [2.45, 2.75) is 50.6 Å². The maximum atomic E-state index is 14.4. The van der Waals surface area contributed by atoms with E-state index in [-0.39, 0.29) is 17.4 Å². The van der Waals surface area contributed by atoms with E-state index >= 15 is 0 Å². The second kappa shape index (κ2) is 10.2. The molecule has 6 nitrogen and oxygen atoms in total. The average Bonchev–Trinajstić information content (AvgIpc) is 3.16. The molecule has 1 N–H and O–H groups in total. The van der Waals surface area contributed by atoms with Gasteiger partial charge in [0, 0.05) is 42.2 Å². The fourth-order valence-corrected chi connectivity index (χ4v) is 5.86. The van der Waals surface area contributed by atoms with Crippen LogP contribution in [0.1, 0.15) is 53.9 Å². The largest absolute Gasteiger partial charge is 0.491 e. The van der Waals surface area contributed by atoms with Crippen LogP contribution in [0.2, 0.25) is 0 Å². The molecule has 0 radical (unpaired) electrons. The molecule has 2 heterocycles. The van der Waals surface area contributed by atoms with Crippen LogP contribution in [0.15, 0.2) is 36.4 Å². The molecule has 7 heteroatoms. The number of benzene rings is 2. The second-order valence-electron chi connectivity index (χ2n) is 10.6. The first-order valence-corrected chi connectivity index (χ1v) is 13.0. The first kappa shape index (κ1) is 24.8. The van der Waals surface area contributed by atoms with Gasteiger partial charge in [-0.3, -0.25) is 4.90 Å². The van der Waals surface area contributed by atoms with Gasteiger partial charge in [-0.2, -0.15) is 0 Å². The number of carboxylic acid groups (broad SMARTS) is 1. The van der Waals surface area contributed by atoms with Gasteiger partial charge >= 0.3 is 5.97 Å². The Morgan fingerprint density at radius 3 is 2.58 bits per heavy atom. The van der Waals surface area contributed by atoms with Gasteiger partial charge in [0.15, 0.2) is 0 Å². The van der Waals surface area contributed by atoms with Crippen LogP contribution in [0.4, 0.5) is 4.39 Å². The summed E-state index contributed by atoms with van der Waals surface area (Å²) in [6.07, 6.45) is 5.84. The van der Waals surface area contributed by atoms with Gasteiger partial charge in [-0.1, -0.05) is 25.3 Å². The van der Waals surface area contributed by atoms with E-state index in [1.54, 1.807) is 6.07 Å². The summed E-state index contributed by atoms with van der Waals surface area (Å²) in [5.41, 5.74) is 4.43. The normalized spacial score (nSPS) is 18.6. The van der Waals surface area contributed by atoms with E-state index in [9.17, 15) is 14.3 Å². The van der Waals surface area contributed by atoms with Crippen LogP contribution >= 0.6 is 0 Å². The summed E-state index contributed by atoms with van der Waals surface area (Å²) in [7, 11) is 6.22. The van der Waals surface area contributed by atoms with Crippen molar-refractivity contribution in [3.05, 3.63) is 53.3 Å². The molecule has 1 aliphatic heterocycles. The zero-order chi connectivity index (χ0) is 25.4. The summed E-state index contributed by atoms with van der Waals surface area (Å²) in [5.74, 6) is -0.305. The third-order valence-electron chi connectivity index (χ3n) is 7.91. The first-order valence-electron chi connectivity index (χ1n) is 13.0. The lowest BCUT2D eigenvalue weighted by Crippen LogP contribution is -2.43. The predicted octanol–water partition coefficient (Wildman–Crippen LogP) is 5.45. The quantitative estimate of drug-likeness (QED) is 0.495. The van der Waals surface area contributed by atoms with E-state index in [0.717, 1.165) is 48.1 Å². The molecule has 0 amide bonds. The van der Waals surface area contributed by atoms with Crippen LogP contribution in [0.3, 0.4) is 0 Å². The molecule has 5 rings (SSSR count). The van der Waals surface area contributed by atoms with E-state index in [1.807, 2.05) is 18.2 Å². The van der Waals surface area contributed by atoms with Crippen LogP contribution < -0.4 is 4.74 Å². The summed E-state index contributed by atoms with van der Waals surface area (Å²) in [4.78, 5) is 16.4. The monoisotopic (exact) mass is 493 g/mol. The standard InChI is InChI=1S/C29H36FN3O3/c1-31(2)13-14-32(3)22-17-33-25-15-20(29(34)35)9-11-23(25)27(19-7-5-4-6-8-19)28(33)24-12-10-21(30)16-26(24)36-18-22/h9-12,15-16,19,22H,4-8,13-14,17-18H2,1-3H3,(H,34,35)/t22-/m0/s1. The number of nitrogens with zero attached hydrogens (tertiary/aromatic N) is 3. The minimum atomic E-state index is -0.928. The first-order chi connectivity index (χ1) is 17.3. The summed E-state index contributed by atoms with van der Waals surface area (Å²) >= 11 is 0. The summed E-state index contributed by atoms with van der Waals surface area (Å²) in [6.45, 7) is 2.87. The predicted molar refractivity (Wildman–Crippen MR) is 141 cm³/mol. The van der Waals surface area contributed by atoms with Crippen LogP contribution in [0.25, 0.3) is 22.2 Å². The van der Waals surface area contributed by atoms with E-state index in [2.05, 4.69) is 35.5 Å². The SMILES string of the molecule is CN(C)CCN(C)[C@@H]1COc2cc(F)ccc2-c2c(C3CCCCC3)c3ccc(C(=O)O)cc3n2C1. The number of fused-ring (bicyclic) bond motifs is 5. The Hall–Kier alpha value is -2.90. The van der Waals surface area contributed by atoms with Crippen molar-refractivity contribution in [3.8, 4) is 17.0 Å². The van der Waals surface area contributed by atoms with Gasteiger partial charge < -0.3 is 19.3 Å². The summed E-state index contributed by atoms with van der Waals surface area (Å²) in [5, 5.41) is 10.9. The highest BCUT2D eigenvalue weighted by Gasteiger charge is 2.31. The molecule has 192 valence electrons. The van der Waals surface area contributed by atoms with Gasteiger partial charge in [-0.05, 0) is 69.7 Å². The Labute approximate surface area is 212 Å². The van der Waals surface area contributed by atoms with Gasteiger partial charge in [0.05, 0.1) is 17.3 Å². The molecule has 0 bridgehead atoms. The summed E-state index contributed by atoms with van der Waals surface area (Å²) in [6, 6.07) is 10.4. The smallest absolute Gasteiger partial charge is 0.335 e. The van der Waals surface area contributed by atoms with Crippen LogP contribution in [-0.2, 0) is 6.54 Å².